The summed E-state index contributed by atoms with van der Waals surface area (Å²) >= 11 is 0. The second-order valence-corrected chi connectivity index (χ2v) is 9.70. The Morgan fingerprint density at radius 1 is 1.15 bits per heavy atom. The highest BCUT2D eigenvalue weighted by Crippen LogP contribution is 2.52. The topological polar surface area (TPSA) is 54.9 Å². The van der Waals surface area contributed by atoms with Crippen molar-refractivity contribution in [2.75, 3.05) is 26.8 Å². The summed E-state index contributed by atoms with van der Waals surface area (Å²) in [7, 11) is 1.86. The van der Waals surface area contributed by atoms with Crippen LogP contribution in [0.3, 0.4) is 0 Å². The maximum absolute atomic E-state index is 6.11. The first kappa shape index (κ1) is 22.2. The van der Waals surface area contributed by atoms with Gasteiger partial charge >= 0.3 is 0 Å². The Hall–Kier alpha value is -0.0800. The summed E-state index contributed by atoms with van der Waals surface area (Å²) in [6, 6.07) is 0.437. The lowest BCUT2D eigenvalue weighted by atomic mass is 9.57. The summed E-state index contributed by atoms with van der Waals surface area (Å²) in [5.74, 6) is 2.07. The van der Waals surface area contributed by atoms with Gasteiger partial charge in [-0.3, -0.25) is 4.99 Å². The van der Waals surface area contributed by atoms with Crippen molar-refractivity contribution in [1.29, 1.82) is 0 Å². The molecule has 0 aromatic carbocycles. The number of hydrogen-bond acceptors (Lipinski definition) is 3. The fraction of sp³-hybridized carbons (Fsp3) is 0.950. The maximum Gasteiger partial charge on any atom is 0.191 e. The minimum atomic E-state index is 0. The molecule has 3 aliphatic rings. The van der Waals surface area contributed by atoms with E-state index in [2.05, 4.69) is 50.2 Å². The summed E-state index contributed by atoms with van der Waals surface area (Å²) in [5, 5.41) is 7.25. The molecule has 1 saturated carbocycles. The Bertz CT molecular complexity index is 504. The predicted octanol–water partition coefficient (Wildman–Crippen LogP) is 3.42. The first-order valence-corrected chi connectivity index (χ1v) is 9.95. The first-order chi connectivity index (χ1) is 11.7. The van der Waals surface area contributed by atoms with Gasteiger partial charge in [0.1, 0.15) is 0 Å². The van der Waals surface area contributed by atoms with E-state index < -0.39 is 0 Å². The molecule has 3 rings (SSSR count). The second kappa shape index (κ2) is 8.52. The molecule has 5 atom stereocenters. The van der Waals surface area contributed by atoms with Crippen LogP contribution in [-0.2, 0) is 9.47 Å². The van der Waals surface area contributed by atoms with Crippen LogP contribution in [0.2, 0.25) is 0 Å². The number of hydrogen-bond donors (Lipinski definition) is 2. The van der Waals surface area contributed by atoms with Crippen LogP contribution in [0.5, 0.6) is 0 Å². The van der Waals surface area contributed by atoms with Crippen molar-refractivity contribution < 1.29 is 9.47 Å². The second-order valence-electron chi connectivity index (χ2n) is 9.70. The molecule has 2 aliphatic heterocycles. The summed E-state index contributed by atoms with van der Waals surface area (Å²) in [4.78, 5) is 4.47. The summed E-state index contributed by atoms with van der Waals surface area (Å²) in [6.07, 6.45) is 4.24. The summed E-state index contributed by atoms with van der Waals surface area (Å²) < 4.78 is 12.0. The number of fused-ring (bicyclic) bond motifs is 1. The molecule has 6 heteroatoms. The van der Waals surface area contributed by atoms with Gasteiger partial charge in [-0.2, -0.15) is 0 Å². The highest BCUT2D eigenvalue weighted by atomic mass is 127. The van der Waals surface area contributed by atoms with Gasteiger partial charge in [0.05, 0.1) is 12.2 Å². The Balaban J connectivity index is 0.00000243. The van der Waals surface area contributed by atoms with Crippen LogP contribution in [-0.4, -0.2) is 51.0 Å². The number of guanidine groups is 1. The number of ether oxygens (including phenoxy) is 2. The van der Waals surface area contributed by atoms with E-state index in [1.807, 2.05) is 7.05 Å². The molecule has 0 aromatic rings. The third-order valence-corrected chi connectivity index (χ3v) is 6.45. The van der Waals surface area contributed by atoms with E-state index in [0.717, 1.165) is 38.6 Å². The molecule has 0 radical (unpaired) electrons. The SMILES string of the molecule is CN=C(NCC1CCCOC1C(C)(C)C)NC1C2CCOC2C1(C)C.I. The minimum absolute atomic E-state index is 0. The lowest BCUT2D eigenvalue weighted by Crippen LogP contribution is -2.68. The zero-order chi connectivity index (χ0) is 18.2. The van der Waals surface area contributed by atoms with E-state index in [4.69, 9.17) is 9.47 Å². The van der Waals surface area contributed by atoms with Gasteiger partial charge in [0.25, 0.3) is 0 Å². The molecule has 5 nitrogen and oxygen atoms in total. The van der Waals surface area contributed by atoms with Gasteiger partial charge < -0.3 is 20.1 Å². The molecule has 0 spiro atoms. The normalized spacial score (nSPS) is 36.5. The largest absolute Gasteiger partial charge is 0.377 e. The predicted molar refractivity (Wildman–Crippen MR) is 117 cm³/mol. The monoisotopic (exact) mass is 479 g/mol. The molecule has 26 heavy (non-hydrogen) atoms. The van der Waals surface area contributed by atoms with Crippen molar-refractivity contribution in [3.05, 3.63) is 0 Å². The van der Waals surface area contributed by atoms with Crippen LogP contribution in [0.4, 0.5) is 0 Å². The average Bonchev–Trinajstić information content (AvgIpc) is 3.01. The van der Waals surface area contributed by atoms with E-state index in [1.54, 1.807) is 0 Å². The number of nitrogens with one attached hydrogen (secondary N) is 2. The highest BCUT2D eigenvalue weighted by molar-refractivity contribution is 14.0. The smallest absolute Gasteiger partial charge is 0.191 e. The molecule has 0 aromatic heterocycles. The zero-order valence-electron chi connectivity index (χ0n) is 17.3. The van der Waals surface area contributed by atoms with Crippen molar-refractivity contribution in [1.82, 2.24) is 10.6 Å². The molecule has 2 saturated heterocycles. The highest BCUT2D eigenvalue weighted by Gasteiger charge is 2.59. The van der Waals surface area contributed by atoms with Crippen molar-refractivity contribution >= 4 is 29.9 Å². The van der Waals surface area contributed by atoms with Gasteiger partial charge in [-0.05, 0) is 24.7 Å². The Morgan fingerprint density at radius 2 is 1.88 bits per heavy atom. The van der Waals surface area contributed by atoms with Gasteiger partial charge in [0.15, 0.2) is 5.96 Å². The van der Waals surface area contributed by atoms with Crippen LogP contribution in [0, 0.1) is 22.7 Å². The zero-order valence-corrected chi connectivity index (χ0v) is 19.6. The molecule has 1 aliphatic carbocycles. The molecule has 5 unspecified atom stereocenters. The lowest BCUT2D eigenvalue weighted by Gasteiger charge is -2.55. The fourth-order valence-corrected chi connectivity index (χ4v) is 5.20. The lowest BCUT2D eigenvalue weighted by molar-refractivity contribution is -0.107. The fourth-order valence-electron chi connectivity index (χ4n) is 5.20. The van der Waals surface area contributed by atoms with Crippen molar-refractivity contribution in [2.45, 2.75) is 72.1 Å². The number of aliphatic imine (C=N–C) groups is 1. The molecule has 3 fully saturated rings. The van der Waals surface area contributed by atoms with Crippen LogP contribution in [0.25, 0.3) is 0 Å². The number of rotatable bonds is 3. The Labute approximate surface area is 176 Å². The molecule has 2 heterocycles. The number of nitrogens with zero attached hydrogens (tertiary/aromatic N) is 1. The van der Waals surface area contributed by atoms with E-state index in [-0.39, 0.29) is 34.8 Å². The maximum atomic E-state index is 6.11. The molecule has 2 N–H and O–H groups in total. The van der Waals surface area contributed by atoms with Crippen LogP contribution >= 0.6 is 24.0 Å². The molecule has 152 valence electrons. The summed E-state index contributed by atoms with van der Waals surface area (Å²) in [5.41, 5.74) is 0.342. The van der Waals surface area contributed by atoms with E-state index in [9.17, 15) is 0 Å². The third kappa shape index (κ3) is 4.32. The Morgan fingerprint density at radius 3 is 2.54 bits per heavy atom. The minimum Gasteiger partial charge on any atom is -0.377 e. The van der Waals surface area contributed by atoms with Crippen LogP contribution in [0.1, 0.15) is 53.9 Å². The standard InChI is InChI=1S/C20H37N3O2.HI/c1-19(2,3)16-13(8-7-10-24-16)12-22-18(21-6)23-15-14-9-11-25-17(14)20(15,4)5;/h13-17H,7-12H2,1-6H3,(H2,21,22,23);1H. The Kier molecular flexibility index (Phi) is 7.27. The third-order valence-electron chi connectivity index (χ3n) is 6.45. The van der Waals surface area contributed by atoms with Crippen molar-refractivity contribution in [3.63, 3.8) is 0 Å². The quantitative estimate of drug-likeness (QED) is 0.370. The molecular formula is C20H38IN3O2. The van der Waals surface area contributed by atoms with Crippen LogP contribution in [0.15, 0.2) is 4.99 Å². The van der Waals surface area contributed by atoms with Gasteiger partial charge in [-0.15, -0.1) is 24.0 Å². The van der Waals surface area contributed by atoms with E-state index >= 15 is 0 Å². The molecule has 0 amide bonds. The van der Waals surface area contributed by atoms with Gasteiger partial charge in [0, 0.05) is 50.1 Å². The first-order valence-electron chi connectivity index (χ1n) is 9.95. The van der Waals surface area contributed by atoms with E-state index in [0.29, 0.717) is 30.1 Å². The van der Waals surface area contributed by atoms with Gasteiger partial charge in [-0.25, -0.2) is 0 Å². The molecule has 0 bridgehead atoms. The summed E-state index contributed by atoms with van der Waals surface area (Å²) in [6.45, 7) is 14.1. The van der Waals surface area contributed by atoms with E-state index in [1.165, 1.54) is 6.42 Å². The van der Waals surface area contributed by atoms with Crippen molar-refractivity contribution in [3.8, 4) is 0 Å². The van der Waals surface area contributed by atoms with Gasteiger partial charge in [0.2, 0.25) is 0 Å². The van der Waals surface area contributed by atoms with Crippen molar-refractivity contribution in [2.24, 2.45) is 27.7 Å². The molecular weight excluding hydrogens is 441 g/mol. The van der Waals surface area contributed by atoms with Crippen LogP contribution < -0.4 is 10.6 Å². The average molecular weight is 479 g/mol. The number of halogens is 1. The van der Waals surface area contributed by atoms with Gasteiger partial charge in [-0.1, -0.05) is 34.6 Å².